The third-order valence-electron chi connectivity index (χ3n) is 4.63. The maximum absolute atomic E-state index is 11.3. The Labute approximate surface area is 135 Å². The summed E-state index contributed by atoms with van der Waals surface area (Å²) in [5.74, 6) is 1.29. The number of rotatable bonds is 5. The lowest BCUT2D eigenvalue weighted by Gasteiger charge is -2.37. The van der Waals surface area contributed by atoms with Crippen LogP contribution in [0, 0.1) is 11.8 Å². The van der Waals surface area contributed by atoms with Gasteiger partial charge in [0.25, 0.3) is 0 Å². The van der Waals surface area contributed by atoms with Crippen LogP contribution in [0.2, 0.25) is 0 Å². The van der Waals surface area contributed by atoms with E-state index in [4.69, 9.17) is 10.5 Å². The van der Waals surface area contributed by atoms with E-state index in [1.54, 1.807) is 4.90 Å². The molecule has 3 N–H and O–H groups in total. The molecule has 2 fully saturated rings. The second-order valence-electron chi connectivity index (χ2n) is 6.03. The number of nitrogens with zero attached hydrogens (tertiary/aromatic N) is 1. The molecule has 0 radical (unpaired) electrons. The van der Waals surface area contributed by atoms with Crippen LogP contribution in [0.15, 0.2) is 0 Å². The SMILES string of the molecule is NC(=O)N1CCOC(C(CNI)CC2CCCCC2)C1. The molecular formula is C14H26IN3O2. The van der Waals surface area contributed by atoms with Crippen molar-refractivity contribution < 1.29 is 9.53 Å². The molecule has 0 aromatic rings. The van der Waals surface area contributed by atoms with Crippen LogP contribution in [0.5, 0.6) is 0 Å². The molecule has 1 aliphatic heterocycles. The topological polar surface area (TPSA) is 67.6 Å². The zero-order chi connectivity index (χ0) is 14.4. The molecule has 1 heterocycles. The van der Waals surface area contributed by atoms with Gasteiger partial charge in [0.05, 0.1) is 12.7 Å². The summed E-state index contributed by atoms with van der Waals surface area (Å²) in [6.45, 7) is 2.81. The van der Waals surface area contributed by atoms with Crippen molar-refractivity contribution >= 4 is 28.9 Å². The minimum atomic E-state index is -0.322. The lowest BCUT2D eigenvalue weighted by molar-refractivity contribution is -0.0481. The molecule has 6 heteroatoms. The number of urea groups is 1. The summed E-state index contributed by atoms with van der Waals surface area (Å²) in [5, 5.41) is 0. The van der Waals surface area contributed by atoms with E-state index >= 15 is 0 Å². The van der Waals surface area contributed by atoms with E-state index in [2.05, 4.69) is 26.4 Å². The van der Waals surface area contributed by atoms with Crippen LogP contribution < -0.4 is 9.26 Å². The molecule has 0 spiro atoms. The highest BCUT2D eigenvalue weighted by Crippen LogP contribution is 2.31. The van der Waals surface area contributed by atoms with Gasteiger partial charge < -0.3 is 15.4 Å². The van der Waals surface area contributed by atoms with Gasteiger partial charge in [-0.15, -0.1) is 0 Å². The van der Waals surface area contributed by atoms with Gasteiger partial charge in [-0.2, -0.15) is 0 Å². The number of nitrogens with two attached hydrogens (primary N) is 1. The van der Waals surface area contributed by atoms with Gasteiger partial charge in [0.2, 0.25) is 0 Å². The van der Waals surface area contributed by atoms with Crippen LogP contribution in [0.3, 0.4) is 0 Å². The summed E-state index contributed by atoms with van der Waals surface area (Å²) in [6, 6.07) is -0.322. The Morgan fingerprint density at radius 1 is 1.40 bits per heavy atom. The number of carbonyl (C=O) groups excluding carboxylic acids is 1. The van der Waals surface area contributed by atoms with Crippen LogP contribution in [0.4, 0.5) is 4.79 Å². The Hall–Kier alpha value is -0.0800. The summed E-state index contributed by atoms with van der Waals surface area (Å²) < 4.78 is 9.18. The van der Waals surface area contributed by atoms with Crippen LogP contribution >= 0.6 is 22.9 Å². The summed E-state index contributed by atoms with van der Waals surface area (Å²) in [4.78, 5) is 13.1. The van der Waals surface area contributed by atoms with E-state index in [9.17, 15) is 4.79 Å². The molecular weight excluding hydrogens is 369 g/mol. The van der Waals surface area contributed by atoms with Crippen molar-refractivity contribution in [3.63, 3.8) is 0 Å². The van der Waals surface area contributed by atoms with Gasteiger partial charge in [-0.25, -0.2) is 4.79 Å². The highest BCUT2D eigenvalue weighted by Gasteiger charge is 2.31. The first kappa shape index (κ1) is 16.3. The lowest BCUT2D eigenvalue weighted by Crippen LogP contribution is -2.51. The molecule has 0 bridgehead atoms. The van der Waals surface area contributed by atoms with E-state index in [1.165, 1.54) is 38.5 Å². The van der Waals surface area contributed by atoms with Crippen molar-refractivity contribution in [1.82, 2.24) is 8.43 Å². The highest BCUT2D eigenvalue weighted by molar-refractivity contribution is 14.1. The third kappa shape index (κ3) is 4.73. The first-order valence-electron chi connectivity index (χ1n) is 7.70. The molecule has 116 valence electrons. The van der Waals surface area contributed by atoms with Crippen LogP contribution in [-0.2, 0) is 4.74 Å². The molecule has 1 aliphatic carbocycles. The second-order valence-corrected chi connectivity index (χ2v) is 6.79. The van der Waals surface area contributed by atoms with Gasteiger partial charge in [-0.1, -0.05) is 32.1 Å². The van der Waals surface area contributed by atoms with Crippen LogP contribution in [0.25, 0.3) is 0 Å². The number of carbonyl (C=O) groups is 1. The smallest absolute Gasteiger partial charge is 0.314 e. The van der Waals surface area contributed by atoms with Crippen LogP contribution in [-0.4, -0.2) is 43.3 Å². The molecule has 0 aromatic heterocycles. The number of primary amides is 1. The van der Waals surface area contributed by atoms with Gasteiger partial charge in [0, 0.05) is 48.4 Å². The van der Waals surface area contributed by atoms with Crippen molar-refractivity contribution in [2.75, 3.05) is 26.2 Å². The molecule has 2 aliphatic rings. The van der Waals surface area contributed by atoms with Gasteiger partial charge in [-0.05, 0) is 12.3 Å². The standard InChI is InChI=1S/C14H26IN3O2/c15-17-9-12(8-11-4-2-1-3-5-11)13-10-18(14(16)19)6-7-20-13/h11-13,17H,1-10H2,(H2,16,19). The minimum absolute atomic E-state index is 0.125. The molecule has 1 saturated heterocycles. The molecule has 0 aromatic carbocycles. The first-order chi connectivity index (χ1) is 9.70. The molecule has 1 saturated carbocycles. The fraction of sp³-hybridized carbons (Fsp3) is 0.929. The lowest BCUT2D eigenvalue weighted by atomic mass is 9.81. The number of amides is 2. The monoisotopic (exact) mass is 395 g/mol. The Bertz CT molecular complexity index is 311. The Morgan fingerprint density at radius 3 is 2.80 bits per heavy atom. The molecule has 2 amide bonds. The van der Waals surface area contributed by atoms with E-state index in [0.29, 0.717) is 25.6 Å². The van der Waals surface area contributed by atoms with Crippen molar-refractivity contribution in [2.45, 2.75) is 44.6 Å². The molecule has 5 nitrogen and oxygen atoms in total. The van der Waals surface area contributed by atoms with E-state index in [1.807, 2.05) is 0 Å². The maximum Gasteiger partial charge on any atom is 0.314 e. The predicted octanol–water partition coefficient (Wildman–Crippen LogP) is 2.29. The molecule has 2 atom stereocenters. The first-order valence-corrected chi connectivity index (χ1v) is 8.78. The molecule has 20 heavy (non-hydrogen) atoms. The number of nitrogens with one attached hydrogen (secondary N) is 1. The van der Waals surface area contributed by atoms with Crippen molar-refractivity contribution in [3.8, 4) is 0 Å². The minimum Gasteiger partial charge on any atom is -0.374 e. The highest BCUT2D eigenvalue weighted by atomic mass is 127. The average molecular weight is 395 g/mol. The van der Waals surface area contributed by atoms with E-state index in [0.717, 1.165) is 12.5 Å². The van der Waals surface area contributed by atoms with E-state index in [-0.39, 0.29) is 12.1 Å². The number of hydrogen-bond acceptors (Lipinski definition) is 3. The fourth-order valence-electron chi connectivity index (χ4n) is 3.48. The summed E-state index contributed by atoms with van der Waals surface area (Å²) in [6.07, 6.45) is 8.16. The summed E-state index contributed by atoms with van der Waals surface area (Å²) in [5.41, 5.74) is 5.40. The van der Waals surface area contributed by atoms with Gasteiger partial charge in [0.1, 0.15) is 0 Å². The molecule has 2 unspecified atom stereocenters. The number of morpholine rings is 1. The number of halogens is 1. The largest absolute Gasteiger partial charge is 0.374 e. The quantitative estimate of drug-likeness (QED) is 0.555. The number of ether oxygens (including phenoxy) is 1. The summed E-state index contributed by atoms with van der Waals surface area (Å²) in [7, 11) is 0. The second kappa shape index (κ2) is 8.38. The molecule has 2 rings (SSSR count). The van der Waals surface area contributed by atoms with Gasteiger partial charge >= 0.3 is 6.03 Å². The zero-order valence-corrected chi connectivity index (χ0v) is 14.2. The van der Waals surface area contributed by atoms with Gasteiger partial charge in [-0.3, -0.25) is 3.53 Å². The van der Waals surface area contributed by atoms with Crippen LogP contribution in [0.1, 0.15) is 38.5 Å². The zero-order valence-electron chi connectivity index (χ0n) is 12.0. The van der Waals surface area contributed by atoms with E-state index < -0.39 is 0 Å². The Balaban J connectivity index is 1.90. The van der Waals surface area contributed by atoms with Crippen molar-refractivity contribution in [3.05, 3.63) is 0 Å². The van der Waals surface area contributed by atoms with Gasteiger partial charge in [0.15, 0.2) is 0 Å². The Kier molecular flexibility index (Phi) is 6.83. The third-order valence-corrected chi connectivity index (χ3v) is 5.07. The fourth-order valence-corrected chi connectivity index (χ4v) is 4.04. The average Bonchev–Trinajstić information content (AvgIpc) is 2.48. The predicted molar refractivity (Wildman–Crippen MR) is 87.6 cm³/mol. The summed E-state index contributed by atoms with van der Waals surface area (Å²) >= 11 is 2.20. The van der Waals surface area contributed by atoms with Crippen molar-refractivity contribution in [2.24, 2.45) is 17.6 Å². The Morgan fingerprint density at radius 2 is 2.15 bits per heavy atom. The van der Waals surface area contributed by atoms with Crippen molar-refractivity contribution in [1.29, 1.82) is 0 Å². The normalized spacial score (nSPS) is 26.4. The maximum atomic E-state index is 11.3. The number of hydrogen-bond donors (Lipinski definition) is 2.